The van der Waals surface area contributed by atoms with Crippen molar-refractivity contribution in [2.45, 2.75) is 26.2 Å². The lowest BCUT2D eigenvalue weighted by Crippen LogP contribution is -2.29. The fraction of sp³-hybridized carbons (Fsp3) is 0.320. The molecule has 34 heavy (non-hydrogen) atoms. The SMILES string of the molecule is Cc1cccc(-c2nc(Nc3ccncc3C(=O)NCCCN3CCCC3)c3cccn3n2)n1. The molecule has 1 aliphatic heterocycles. The second-order valence-electron chi connectivity index (χ2n) is 8.49. The molecule has 1 saturated heterocycles. The molecule has 5 heterocycles. The summed E-state index contributed by atoms with van der Waals surface area (Å²) in [6.07, 6.45) is 8.58. The summed E-state index contributed by atoms with van der Waals surface area (Å²) in [7, 11) is 0. The van der Waals surface area contributed by atoms with Crippen LogP contribution in [0.5, 0.6) is 0 Å². The van der Waals surface area contributed by atoms with Crippen molar-refractivity contribution in [1.29, 1.82) is 0 Å². The summed E-state index contributed by atoms with van der Waals surface area (Å²) in [5.41, 5.74) is 3.48. The van der Waals surface area contributed by atoms with Crippen LogP contribution in [-0.2, 0) is 0 Å². The molecule has 0 aromatic carbocycles. The number of nitrogens with one attached hydrogen (secondary N) is 2. The lowest BCUT2D eigenvalue weighted by molar-refractivity contribution is 0.0952. The van der Waals surface area contributed by atoms with Crippen molar-refractivity contribution in [3.05, 3.63) is 66.2 Å². The monoisotopic (exact) mass is 456 g/mol. The number of anilines is 2. The number of likely N-dealkylation sites (tertiary alicyclic amines) is 1. The highest BCUT2D eigenvalue weighted by Gasteiger charge is 2.16. The molecule has 174 valence electrons. The highest BCUT2D eigenvalue weighted by molar-refractivity contribution is 6.00. The van der Waals surface area contributed by atoms with Gasteiger partial charge in [0, 0.05) is 30.8 Å². The van der Waals surface area contributed by atoms with Crippen LogP contribution in [0, 0.1) is 6.92 Å². The minimum atomic E-state index is -0.155. The molecular weight excluding hydrogens is 428 g/mol. The predicted molar refractivity (Wildman–Crippen MR) is 131 cm³/mol. The molecule has 9 nitrogen and oxygen atoms in total. The number of hydrogen-bond donors (Lipinski definition) is 2. The van der Waals surface area contributed by atoms with Gasteiger partial charge in [-0.25, -0.2) is 14.5 Å². The van der Waals surface area contributed by atoms with Crippen LogP contribution in [0.3, 0.4) is 0 Å². The normalized spacial score (nSPS) is 13.9. The summed E-state index contributed by atoms with van der Waals surface area (Å²) in [6, 6.07) is 11.4. The Labute approximate surface area is 198 Å². The molecule has 0 saturated carbocycles. The van der Waals surface area contributed by atoms with E-state index in [9.17, 15) is 4.79 Å². The van der Waals surface area contributed by atoms with Crippen LogP contribution < -0.4 is 10.6 Å². The fourth-order valence-corrected chi connectivity index (χ4v) is 4.22. The first-order valence-corrected chi connectivity index (χ1v) is 11.7. The number of rotatable bonds is 8. The van der Waals surface area contributed by atoms with Crippen LogP contribution in [0.15, 0.2) is 55.0 Å². The molecule has 2 N–H and O–H groups in total. The number of fused-ring (bicyclic) bond motifs is 1. The molecule has 1 fully saturated rings. The van der Waals surface area contributed by atoms with Crippen LogP contribution in [-0.4, -0.2) is 61.6 Å². The summed E-state index contributed by atoms with van der Waals surface area (Å²) >= 11 is 0. The number of carbonyl (C=O) groups excluding carboxylic acids is 1. The Morgan fingerprint density at radius 1 is 1.09 bits per heavy atom. The zero-order valence-electron chi connectivity index (χ0n) is 19.2. The van der Waals surface area contributed by atoms with Crippen molar-refractivity contribution in [1.82, 2.24) is 34.8 Å². The summed E-state index contributed by atoms with van der Waals surface area (Å²) in [5, 5.41) is 11.0. The molecule has 0 spiro atoms. The van der Waals surface area contributed by atoms with E-state index in [1.807, 2.05) is 43.5 Å². The minimum Gasteiger partial charge on any atom is -0.352 e. The van der Waals surface area contributed by atoms with E-state index in [-0.39, 0.29) is 5.91 Å². The Bertz CT molecular complexity index is 1300. The maximum atomic E-state index is 12.9. The Morgan fingerprint density at radius 2 is 1.97 bits per heavy atom. The maximum absolute atomic E-state index is 12.9. The van der Waals surface area contributed by atoms with E-state index in [0.29, 0.717) is 35.1 Å². The van der Waals surface area contributed by atoms with Crippen molar-refractivity contribution in [2.24, 2.45) is 0 Å². The highest BCUT2D eigenvalue weighted by Crippen LogP contribution is 2.25. The predicted octanol–water partition coefficient (Wildman–Crippen LogP) is 3.45. The van der Waals surface area contributed by atoms with E-state index in [2.05, 4.69) is 30.6 Å². The van der Waals surface area contributed by atoms with E-state index in [1.54, 1.807) is 23.0 Å². The van der Waals surface area contributed by atoms with Gasteiger partial charge in [-0.05, 0) is 76.2 Å². The van der Waals surface area contributed by atoms with Crippen molar-refractivity contribution in [3.63, 3.8) is 0 Å². The molecule has 0 atom stereocenters. The first-order valence-electron chi connectivity index (χ1n) is 11.7. The molecule has 9 heteroatoms. The highest BCUT2D eigenvalue weighted by atomic mass is 16.1. The quantitative estimate of drug-likeness (QED) is 0.392. The van der Waals surface area contributed by atoms with E-state index >= 15 is 0 Å². The molecule has 0 unspecified atom stereocenters. The maximum Gasteiger partial charge on any atom is 0.254 e. The van der Waals surface area contributed by atoms with Crippen LogP contribution >= 0.6 is 0 Å². The van der Waals surface area contributed by atoms with Crippen LogP contribution in [0.4, 0.5) is 11.5 Å². The Kier molecular flexibility index (Phi) is 6.44. The molecule has 0 aliphatic carbocycles. The summed E-state index contributed by atoms with van der Waals surface area (Å²) < 4.78 is 1.76. The third-order valence-electron chi connectivity index (χ3n) is 5.96. The van der Waals surface area contributed by atoms with E-state index in [0.717, 1.165) is 37.3 Å². The number of aromatic nitrogens is 5. The number of amides is 1. The first kappa shape index (κ1) is 22.0. The standard InChI is InChI=1S/C25H28N8O/c1-18-7-4-8-21(28-18)23-30-24(22-9-5-16-33(22)31-23)29-20-10-12-26-17-19(20)25(34)27-11-6-15-32-13-2-3-14-32/h4-5,7-10,12,16-17H,2-3,6,11,13-15H2,1H3,(H,27,34)(H,26,29,30,31). The van der Waals surface area contributed by atoms with E-state index < -0.39 is 0 Å². The summed E-state index contributed by atoms with van der Waals surface area (Å²) in [5.74, 6) is 0.933. The largest absolute Gasteiger partial charge is 0.352 e. The molecule has 5 rings (SSSR count). The van der Waals surface area contributed by atoms with Crippen LogP contribution in [0.1, 0.15) is 35.3 Å². The van der Waals surface area contributed by atoms with E-state index in [4.69, 9.17) is 4.98 Å². The van der Waals surface area contributed by atoms with Gasteiger partial charge in [0.25, 0.3) is 5.91 Å². The second-order valence-corrected chi connectivity index (χ2v) is 8.49. The van der Waals surface area contributed by atoms with Crippen LogP contribution in [0.2, 0.25) is 0 Å². The summed E-state index contributed by atoms with van der Waals surface area (Å²) in [6.45, 7) is 5.91. The molecule has 4 aromatic rings. The van der Waals surface area contributed by atoms with Crippen molar-refractivity contribution in [3.8, 4) is 11.5 Å². The molecule has 0 bridgehead atoms. The molecule has 0 radical (unpaired) electrons. The third kappa shape index (κ3) is 4.89. The van der Waals surface area contributed by atoms with Crippen LogP contribution in [0.25, 0.3) is 17.0 Å². The number of aryl methyl sites for hydroxylation is 1. The Hall–Kier alpha value is -3.85. The first-order chi connectivity index (χ1) is 16.7. The zero-order chi connectivity index (χ0) is 23.3. The number of nitrogens with zero attached hydrogens (tertiary/aromatic N) is 6. The van der Waals surface area contributed by atoms with Crippen molar-refractivity contribution >= 4 is 22.9 Å². The second kappa shape index (κ2) is 9.96. The van der Waals surface area contributed by atoms with Gasteiger partial charge in [0.05, 0.1) is 11.3 Å². The van der Waals surface area contributed by atoms with Gasteiger partial charge in [0.15, 0.2) is 5.82 Å². The van der Waals surface area contributed by atoms with Crippen molar-refractivity contribution in [2.75, 3.05) is 31.5 Å². The molecule has 4 aromatic heterocycles. The van der Waals surface area contributed by atoms with Gasteiger partial charge in [0.1, 0.15) is 11.2 Å². The molecular formula is C25H28N8O. The molecule has 1 amide bonds. The number of hydrogen-bond acceptors (Lipinski definition) is 7. The Morgan fingerprint density at radius 3 is 2.82 bits per heavy atom. The lowest BCUT2D eigenvalue weighted by Gasteiger charge is -2.15. The van der Waals surface area contributed by atoms with Gasteiger partial charge in [0.2, 0.25) is 5.82 Å². The van der Waals surface area contributed by atoms with Gasteiger partial charge in [-0.2, -0.15) is 0 Å². The average Bonchev–Trinajstić information content (AvgIpc) is 3.54. The van der Waals surface area contributed by atoms with E-state index in [1.165, 1.54) is 12.8 Å². The number of pyridine rings is 2. The summed E-state index contributed by atoms with van der Waals surface area (Å²) in [4.78, 5) is 28.8. The molecule has 1 aliphatic rings. The average molecular weight is 457 g/mol. The minimum absolute atomic E-state index is 0.155. The smallest absolute Gasteiger partial charge is 0.254 e. The topological polar surface area (TPSA) is 100 Å². The van der Waals surface area contributed by atoms with Crippen molar-refractivity contribution < 1.29 is 4.79 Å². The fourth-order valence-electron chi connectivity index (χ4n) is 4.22. The number of carbonyl (C=O) groups is 1. The lowest BCUT2D eigenvalue weighted by atomic mass is 10.2. The zero-order valence-corrected chi connectivity index (χ0v) is 19.2. The van der Waals surface area contributed by atoms with Gasteiger partial charge >= 0.3 is 0 Å². The van der Waals surface area contributed by atoms with Gasteiger partial charge < -0.3 is 15.5 Å². The van der Waals surface area contributed by atoms with Gasteiger partial charge in [-0.1, -0.05) is 6.07 Å². The van der Waals surface area contributed by atoms with Gasteiger partial charge in [-0.3, -0.25) is 9.78 Å². The van der Waals surface area contributed by atoms with Gasteiger partial charge in [-0.15, -0.1) is 5.10 Å². The Balaban J connectivity index is 1.36. The third-order valence-corrected chi connectivity index (χ3v) is 5.96.